The average Bonchev–Trinajstić information content (AvgIpc) is 2.83. The summed E-state index contributed by atoms with van der Waals surface area (Å²) >= 11 is 0. The number of fused-ring (bicyclic) bond motifs is 1. The molecule has 0 aromatic carbocycles. The third-order valence-corrected chi connectivity index (χ3v) is 4.22. The number of aromatic nitrogens is 4. The summed E-state index contributed by atoms with van der Waals surface area (Å²) in [6.45, 7) is 7.48. The van der Waals surface area contributed by atoms with E-state index in [1.54, 1.807) is 17.1 Å². The molecule has 1 aliphatic rings. The van der Waals surface area contributed by atoms with Gasteiger partial charge in [0.2, 0.25) is 5.91 Å². The van der Waals surface area contributed by atoms with Crippen molar-refractivity contribution in [3.05, 3.63) is 18.1 Å². The minimum absolute atomic E-state index is 0.212. The van der Waals surface area contributed by atoms with Crippen molar-refractivity contribution in [1.82, 2.24) is 24.6 Å². The molecule has 0 aliphatic carbocycles. The molecule has 2 aromatic rings. The fraction of sp³-hybridized carbons (Fsp3) is 0.625. The largest absolute Gasteiger partial charge is 0.342 e. The van der Waals surface area contributed by atoms with Crippen molar-refractivity contribution in [2.24, 2.45) is 12.5 Å². The number of rotatable bonds is 1. The van der Waals surface area contributed by atoms with E-state index in [1.807, 2.05) is 32.7 Å². The molecule has 1 fully saturated rings. The van der Waals surface area contributed by atoms with E-state index in [1.165, 1.54) is 0 Å². The highest BCUT2D eigenvalue weighted by Gasteiger charge is 2.33. The van der Waals surface area contributed by atoms with Gasteiger partial charge in [-0.3, -0.25) is 4.79 Å². The molecule has 1 amide bonds. The summed E-state index contributed by atoms with van der Waals surface area (Å²) in [6, 6.07) is 0. The molecule has 0 saturated carbocycles. The van der Waals surface area contributed by atoms with E-state index in [2.05, 4.69) is 15.1 Å². The molecule has 22 heavy (non-hydrogen) atoms. The normalized spacial score (nSPS) is 19.6. The lowest BCUT2D eigenvalue weighted by molar-refractivity contribution is -0.140. The van der Waals surface area contributed by atoms with Crippen LogP contribution < -0.4 is 0 Å². The van der Waals surface area contributed by atoms with Gasteiger partial charge in [0.15, 0.2) is 5.65 Å². The lowest BCUT2D eigenvalue weighted by Crippen LogP contribution is -2.44. The summed E-state index contributed by atoms with van der Waals surface area (Å²) in [5.41, 5.74) is 2.29. The van der Waals surface area contributed by atoms with Crippen LogP contribution in [0.1, 0.15) is 45.2 Å². The predicted molar refractivity (Wildman–Crippen MR) is 84.3 cm³/mol. The van der Waals surface area contributed by atoms with Crippen molar-refractivity contribution in [3.8, 4) is 0 Å². The first kappa shape index (κ1) is 14.9. The highest BCUT2D eigenvalue weighted by molar-refractivity contribution is 5.82. The molecule has 1 saturated heterocycles. The first-order chi connectivity index (χ1) is 10.4. The summed E-state index contributed by atoms with van der Waals surface area (Å²) in [5.74, 6) is 0.448. The van der Waals surface area contributed by atoms with Crippen LogP contribution in [0.15, 0.2) is 12.4 Å². The van der Waals surface area contributed by atoms with Gasteiger partial charge in [-0.05, 0) is 12.8 Å². The fourth-order valence-corrected chi connectivity index (χ4v) is 3.14. The van der Waals surface area contributed by atoms with Crippen LogP contribution in [-0.2, 0) is 11.8 Å². The van der Waals surface area contributed by atoms with E-state index in [9.17, 15) is 4.79 Å². The Morgan fingerprint density at radius 3 is 2.73 bits per heavy atom. The zero-order valence-corrected chi connectivity index (χ0v) is 13.7. The summed E-state index contributed by atoms with van der Waals surface area (Å²) in [4.78, 5) is 23.3. The van der Waals surface area contributed by atoms with Gasteiger partial charge >= 0.3 is 0 Å². The maximum Gasteiger partial charge on any atom is 0.227 e. The van der Waals surface area contributed by atoms with E-state index in [4.69, 9.17) is 0 Å². The molecular formula is C16H23N5O. The van der Waals surface area contributed by atoms with Gasteiger partial charge in [-0.2, -0.15) is 5.10 Å². The van der Waals surface area contributed by atoms with E-state index < -0.39 is 0 Å². The Bertz CT molecular complexity index is 700. The SMILES string of the molecule is Cn1nc([C@H]2CCCN(C(=O)C(C)(C)C)C2)c2nccnc21. The Morgan fingerprint density at radius 2 is 2.00 bits per heavy atom. The highest BCUT2D eigenvalue weighted by Crippen LogP contribution is 2.31. The summed E-state index contributed by atoms with van der Waals surface area (Å²) in [7, 11) is 1.89. The van der Waals surface area contributed by atoms with Gasteiger partial charge in [-0.25, -0.2) is 14.6 Å². The minimum Gasteiger partial charge on any atom is -0.342 e. The van der Waals surface area contributed by atoms with Gasteiger partial charge < -0.3 is 4.90 Å². The average molecular weight is 301 g/mol. The number of aryl methyl sites for hydroxylation is 1. The molecule has 6 heteroatoms. The van der Waals surface area contributed by atoms with Crippen molar-refractivity contribution in [1.29, 1.82) is 0 Å². The van der Waals surface area contributed by atoms with Crippen molar-refractivity contribution in [2.45, 2.75) is 39.5 Å². The number of amides is 1. The lowest BCUT2D eigenvalue weighted by atomic mass is 9.90. The van der Waals surface area contributed by atoms with Crippen LogP contribution in [0.5, 0.6) is 0 Å². The number of nitrogens with zero attached hydrogens (tertiary/aromatic N) is 5. The van der Waals surface area contributed by atoms with Gasteiger partial charge in [0.25, 0.3) is 0 Å². The number of likely N-dealkylation sites (tertiary alicyclic amines) is 1. The van der Waals surface area contributed by atoms with Gasteiger partial charge in [-0.15, -0.1) is 0 Å². The van der Waals surface area contributed by atoms with E-state index in [-0.39, 0.29) is 17.2 Å². The Balaban J connectivity index is 1.90. The molecule has 0 spiro atoms. The lowest BCUT2D eigenvalue weighted by Gasteiger charge is -2.35. The molecule has 0 bridgehead atoms. The molecule has 3 heterocycles. The van der Waals surface area contributed by atoms with Gasteiger partial charge in [0.1, 0.15) is 5.52 Å². The van der Waals surface area contributed by atoms with Crippen LogP contribution in [0.25, 0.3) is 11.2 Å². The molecule has 2 aromatic heterocycles. The van der Waals surface area contributed by atoms with Crippen LogP contribution in [0, 0.1) is 5.41 Å². The van der Waals surface area contributed by atoms with Crippen molar-refractivity contribution in [3.63, 3.8) is 0 Å². The Kier molecular flexibility index (Phi) is 3.62. The quantitative estimate of drug-likeness (QED) is 0.809. The monoisotopic (exact) mass is 301 g/mol. The number of piperidine rings is 1. The van der Waals surface area contributed by atoms with Gasteiger partial charge in [0, 0.05) is 43.9 Å². The molecular weight excluding hydrogens is 278 g/mol. The molecule has 0 unspecified atom stereocenters. The van der Waals surface area contributed by atoms with Crippen molar-refractivity contribution in [2.75, 3.05) is 13.1 Å². The zero-order valence-electron chi connectivity index (χ0n) is 13.7. The fourth-order valence-electron chi connectivity index (χ4n) is 3.14. The van der Waals surface area contributed by atoms with Crippen molar-refractivity contribution < 1.29 is 4.79 Å². The molecule has 1 atom stereocenters. The smallest absolute Gasteiger partial charge is 0.227 e. The maximum absolute atomic E-state index is 12.5. The Hall–Kier alpha value is -1.98. The first-order valence-electron chi connectivity index (χ1n) is 7.81. The highest BCUT2D eigenvalue weighted by atomic mass is 16.2. The number of hydrogen-bond acceptors (Lipinski definition) is 4. The molecule has 0 radical (unpaired) electrons. The zero-order chi connectivity index (χ0) is 15.9. The topological polar surface area (TPSA) is 63.9 Å². The first-order valence-corrected chi connectivity index (χ1v) is 7.81. The third-order valence-electron chi connectivity index (χ3n) is 4.22. The van der Waals surface area contributed by atoms with Crippen LogP contribution >= 0.6 is 0 Å². The standard InChI is InChI=1S/C16H23N5O/c1-16(2,3)15(22)21-9-5-6-11(10-21)12-13-14(20(4)19-12)18-8-7-17-13/h7-8,11H,5-6,9-10H2,1-4H3/t11-/m0/s1. The molecule has 118 valence electrons. The second-order valence-electron chi connectivity index (χ2n) is 7.08. The number of hydrogen-bond donors (Lipinski definition) is 0. The van der Waals surface area contributed by atoms with Crippen LogP contribution in [-0.4, -0.2) is 43.6 Å². The van der Waals surface area contributed by atoms with E-state index in [0.717, 1.165) is 42.8 Å². The number of carbonyl (C=O) groups excluding carboxylic acids is 1. The van der Waals surface area contributed by atoms with Gasteiger partial charge in [0.05, 0.1) is 5.69 Å². The second kappa shape index (κ2) is 5.34. The summed E-state index contributed by atoms with van der Waals surface area (Å²) in [5, 5.41) is 4.62. The molecule has 3 rings (SSSR count). The van der Waals surface area contributed by atoms with E-state index in [0.29, 0.717) is 0 Å². The van der Waals surface area contributed by atoms with Crippen molar-refractivity contribution >= 4 is 17.1 Å². The predicted octanol–water partition coefficient (Wildman–Crippen LogP) is 2.12. The summed E-state index contributed by atoms with van der Waals surface area (Å²) < 4.78 is 1.78. The Labute approximate surface area is 130 Å². The Morgan fingerprint density at radius 1 is 1.27 bits per heavy atom. The second-order valence-corrected chi connectivity index (χ2v) is 7.08. The third kappa shape index (κ3) is 2.58. The minimum atomic E-state index is -0.339. The maximum atomic E-state index is 12.5. The van der Waals surface area contributed by atoms with E-state index >= 15 is 0 Å². The molecule has 1 aliphatic heterocycles. The van der Waals surface area contributed by atoms with Crippen LogP contribution in [0.4, 0.5) is 0 Å². The van der Waals surface area contributed by atoms with Gasteiger partial charge in [-0.1, -0.05) is 20.8 Å². The summed E-state index contributed by atoms with van der Waals surface area (Å²) in [6.07, 6.45) is 5.43. The van der Waals surface area contributed by atoms with Crippen LogP contribution in [0.2, 0.25) is 0 Å². The number of carbonyl (C=O) groups is 1. The molecule has 6 nitrogen and oxygen atoms in total. The molecule has 0 N–H and O–H groups in total. The van der Waals surface area contributed by atoms with Crippen LogP contribution in [0.3, 0.4) is 0 Å².